The fourth-order valence-corrected chi connectivity index (χ4v) is 2.21. The zero-order valence-electron chi connectivity index (χ0n) is 6.60. The molecule has 2 fully saturated rings. The molecule has 1 saturated carbocycles. The molecule has 4 heteroatoms. The summed E-state index contributed by atoms with van der Waals surface area (Å²) < 4.78 is 0. The van der Waals surface area contributed by atoms with Gasteiger partial charge in [-0.25, -0.2) is 4.79 Å². The Morgan fingerprint density at radius 3 is 2.58 bits per heavy atom. The van der Waals surface area contributed by atoms with Crippen LogP contribution in [0, 0.1) is 29.1 Å². The number of carboxylic acid groups (broad SMARTS) is 1. The monoisotopic (exact) mass is 166 g/mol. The van der Waals surface area contributed by atoms with E-state index in [0.29, 0.717) is 37.3 Å². The molecule has 0 aromatic rings. The summed E-state index contributed by atoms with van der Waals surface area (Å²) in [6.45, 7) is 1.29. The van der Waals surface area contributed by atoms with Crippen molar-refractivity contribution in [1.82, 2.24) is 4.90 Å². The third-order valence-electron chi connectivity index (χ3n) is 2.97. The Balaban J connectivity index is 1.87. The highest BCUT2D eigenvalue weighted by atomic mass is 16.4. The summed E-state index contributed by atoms with van der Waals surface area (Å²) in [7, 11) is 0. The molecule has 2 rings (SSSR count). The number of rotatable bonds is 1. The maximum Gasteiger partial charge on any atom is 0.407 e. The normalized spacial score (nSPS) is 37.2. The lowest BCUT2D eigenvalue weighted by Gasteiger charge is -2.14. The molecule has 1 N–H and O–H groups in total. The van der Waals surface area contributed by atoms with Crippen LogP contribution in [0.2, 0.25) is 0 Å². The molecule has 1 saturated heterocycles. The smallest absolute Gasteiger partial charge is 0.407 e. The number of hydrogen-bond donors (Lipinski definition) is 1. The first-order valence-electron chi connectivity index (χ1n) is 4.09. The molecule has 1 amide bonds. The van der Waals surface area contributed by atoms with Crippen molar-refractivity contribution in [2.75, 3.05) is 13.1 Å². The molecule has 0 radical (unpaired) electrons. The average Bonchev–Trinajstić information content (AvgIpc) is 2.51. The van der Waals surface area contributed by atoms with Gasteiger partial charge in [0.1, 0.15) is 0 Å². The van der Waals surface area contributed by atoms with Gasteiger partial charge in [-0.15, -0.1) is 0 Å². The van der Waals surface area contributed by atoms with E-state index in [1.165, 1.54) is 4.90 Å². The predicted molar refractivity (Wildman–Crippen MR) is 40.3 cm³/mol. The van der Waals surface area contributed by atoms with Crippen LogP contribution >= 0.6 is 0 Å². The van der Waals surface area contributed by atoms with E-state index in [4.69, 9.17) is 10.4 Å². The minimum Gasteiger partial charge on any atom is -0.465 e. The van der Waals surface area contributed by atoms with Crippen molar-refractivity contribution in [3.8, 4) is 6.07 Å². The van der Waals surface area contributed by atoms with Crippen molar-refractivity contribution in [2.45, 2.75) is 6.42 Å². The molecule has 0 aromatic heterocycles. The van der Waals surface area contributed by atoms with Gasteiger partial charge >= 0.3 is 6.09 Å². The summed E-state index contributed by atoms with van der Waals surface area (Å²) in [5.41, 5.74) is 0. The van der Waals surface area contributed by atoms with E-state index in [9.17, 15) is 4.79 Å². The van der Waals surface area contributed by atoms with E-state index in [1.54, 1.807) is 0 Å². The predicted octanol–water partition coefficient (Wildman–Crippen LogP) is 0.756. The Morgan fingerprint density at radius 1 is 1.58 bits per heavy atom. The Hall–Kier alpha value is -1.24. The Bertz CT molecular complexity index is 246. The molecule has 1 unspecified atom stereocenters. The number of fused-ring (bicyclic) bond motifs is 1. The van der Waals surface area contributed by atoms with Gasteiger partial charge in [0.15, 0.2) is 0 Å². The molecule has 1 aliphatic heterocycles. The van der Waals surface area contributed by atoms with Gasteiger partial charge in [-0.05, 0) is 17.8 Å². The molecule has 12 heavy (non-hydrogen) atoms. The average molecular weight is 166 g/mol. The van der Waals surface area contributed by atoms with Crippen LogP contribution in [0.5, 0.6) is 0 Å². The van der Waals surface area contributed by atoms with Crippen LogP contribution < -0.4 is 0 Å². The third-order valence-corrected chi connectivity index (χ3v) is 2.97. The zero-order chi connectivity index (χ0) is 8.72. The van der Waals surface area contributed by atoms with E-state index in [0.717, 1.165) is 0 Å². The van der Waals surface area contributed by atoms with Gasteiger partial charge in [0.2, 0.25) is 0 Å². The second-order valence-corrected chi connectivity index (χ2v) is 3.54. The Labute approximate surface area is 70.4 Å². The summed E-state index contributed by atoms with van der Waals surface area (Å²) in [6, 6.07) is 2.14. The van der Waals surface area contributed by atoms with Crippen LogP contribution in [0.25, 0.3) is 0 Å². The maximum atomic E-state index is 10.5. The first-order valence-corrected chi connectivity index (χ1v) is 4.09. The Morgan fingerprint density at radius 2 is 2.17 bits per heavy atom. The highest BCUT2D eigenvalue weighted by Gasteiger charge is 2.56. The fourth-order valence-electron chi connectivity index (χ4n) is 2.21. The zero-order valence-corrected chi connectivity index (χ0v) is 6.60. The number of amides is 1. The fraction of sp³-hybridized carbons (Fsp3) is 0.750. The van der Waals surface area contributed by atoms with Crippen molar-refractivity contribution in [3.05, 3.63) is 0 Å². The van der Waals surface area contributed by atoms with Gasteiger partial charge in [-0.2, -0.15) is 5.26 Å². The molecule has 0 bridgehead atoms. The number of carbonyl (C=O) groups is 1. The lowest BCUT2D eigenvalue weighted by molar-refractivity contribution is 0.148. The van der Waals surface area contributed by atoms with Crippen LogP contribution in [0.1, 0.15) is 6.42 Å². The molecule has 1 heterocycles. The topological polar surface area (TPSA) is 64.3 Å². The van der Waals surface area contributed by atoms with Gasteiger partial charge in [-0.1, -0.05) is 0 Å². The number of hydrogen-bond acceptors (Lipinski definition) is 2. The molecular weight excluding hydrogens is 156 g/mol. The lowest BCUT2D eigenvalue weighted by atomic mass is 10.2. The minimum absolute atomic E-state index is 0.487. The molecule has 4 nitrogen and oxygen atoms in total. The van der Waals surface area contributed by atoms with E-state index in [1.807, 2.05) is 0 Å². The minimum atomic E-state index is -0.821. The standard InChI is InChI=1S/C8H10N2O2/c9-2-1-5-6-3-10(8(11)12)4-7(5)6/h5-7H,1,3-4H2,(H,11,12)/t5?,6-,7+. The summed E-state index contributed by atoms with van der Waals surface area (Å²) in [5, 5.41) is 17.1. The second-order valence-electron chi connectivity index (χ2n) is 3.54. The van der Waals surface area contributed by atoms with E-state index >= 15 is 0 Å². The van der Waals surface area contributed by atoms with Crippen molar-refractivity contribution in [1.29, 1.82) is 5.26 Å². The van der Waals surface area contributed by atoms with Crippen molar-refractivity contribution >= 4 is 6.09 Å². The number of nitrogens with zero attached hydrogens (tertiary/aromatic N) is 2. The molecular formula is C8H10N2O2. The largest absolute Gasteiger partial charge is 0.465 e. The summed E-state index contributed by atoms with van der Waals surface area (Å²) in [6.07, 6.45) is -0.221. The summed E-state index contributed by atoms with van der Waals surface area (Å²) in [4.78, 5) is 11.9. The third kappa shape index (κ3) is 0.934. The van der Waals surface area contributed by atoms with Gasteiger partial charge in [0.25, 0.3) is 0 Å². The van der Waals surface area contributed by atoms with Gasteiger partial charge < -0.3 is 10.0 Å². The lowest BCUT2D eigenvalue weighted by Crippen LogP contribution is -2.29. The van der Waals surface area contributed by atoms with Crippen LogP contribution in [-0.4, -0.2) is 29.2 Å². The molecule has 0 spiro atoms. The first kappa shape index (κ1) is 7.41. The van der Waals surface area contributed by atoms with E-state index < -0.39 is 6.09 Å². The molecule has 2 aliphatic rings. The summed E-state index contributed by atoms with van der Waals surface area (Å²) >= 11 is 0. The SMILES string of the molecule is N#CCC1[C@H]2CN(C(=O)O)C[C@@H]12. The molecule has 3 atom stereocenters. The molecule has 64 valence electrons. The number of likely N-dealkylation sites (tertiary alicyclic amines) is 1. The highest BCUT2D eigenvalue weighted by molar-refractivity contribution is 5.65. The number of piperidine rings is 1. The number of nitriles is 1. The van der Waals surface area contributed by atoms with Gasteiger partial charge in [-0.3, -0.25) is 0 Å². The van der Waals surface area contributed by atoms with Crippen LogP contribution in [0.3, 0.4) is 0 Å². The molecule has 1 aliphatic carbocycles. The van der Waals surface area contributed by atoms with E-state index in [-0.39, 0.29) is 0 Å². The van der Waals surface area contributed by atoms with E-state index in [2.05, 4.69) is 6.07 Å². The Kier molecular flexibility index (Phi) is 1.47. The second kappa shape index (κ2) is 2.37. The maximum absolute atomic E-state index is 10.5. The molecule has 0 aromatic carbocycles. The van der Waals surface area contributed by atoms with Crippen LogP contribution in [0.15, 0.2) is 0 Å². The van der Waals surface area contributed by atoms with Crippen molar-refractivity contribution < 1.29 is 9.90 Å². The summed E-state index contributed by atoms with van der Waals surface area (Å²) in [5.74, 6) is 1.46. The van der Waals surface area contributed by atoms with Crippen LogP contribution in [-0.2, 0) is 0 Å². The van der Waals surface area contributed by atoms with Gasteiger partial charge in [0.05, 0.1) is 6.07 Å². The van der Waals surface area contributed by atoms with Crippen molar-refractivity contribution in [3.63, 3.8) is 0 Å². The van der Waals surface area contributed by atoms with Crippen molar-refractivity contribution in [2.24, 2.45) is 17.8 Å². The quantitative estimate of drug-likeness (QED) is 0.625. The van der Waals surface area contributed by atoms with Crippen LogP contribution in [0.4, 0.5) is 4.79 Å². The first-order chi connectivity index (χ1) is 5.74. The van der Waals surface area contributed by atoms with Gasteiger partial charge in [0, 0.05) is 19.5 Å². The highest BCUT2D eigenvalue weighted by Crippen LogP contribution is 2.53.